The van der Waals surface area contributed by atoms with Gasteiger partial charge in [0.1, 0.15) is 41.2 Å². The number of benzene rings is 1. The Morgan fingerprint density at radius 2 is 1.66 bits per heavy atom. The van der Waals surface area contributed by atoms with Crippen LogP contribution in [0.4, 0.5) is 0 Å². The summed E-state index contributed by atoms with van der Waals surface area (Å²) in [7, 11) is 0. The predicted octanol–water partition coefficient (Wildman–Crippen LogP) is 4.06. The van der Waals surface area contributed by atoms with Crippen molar-refractivity contribution in [1.29, 1.82) is 0 Å². The van der Waals surface area contributed by atoms with E-state index < -0.39 is 95.2 Å². The minimum absolute atomic E-state index is 0.0237. The van der Waals surface area contributed by atoms with Crippen molar-refractivity contribution in [3.05, 3.63) is 48.0 Å². The summed E-state index contributed by atoms with van der Waals surface area (Å²) in [4.78, 5) is 26.5. The molecule has 4 heterocycles. The number of carbonyl (C=O) groups is 2. The second-order valence-electron chi connectivity index (χ2n) is 16.6. The Balaban J connectivity index is 1.38. The van der Waals surface area contributed by atoms with Crippen LogP contribution in [0.5, 0.6) is 0 Å². The first-order valence-electron chi connectivity index (χ1n) is 18.6. The maximum Gasteiger partial charge on any atom is 0.338 e. The molecule has 4 aliphatic heterocycles. The van der Waals surface area contributed by atoms with Crippen LogP contribution in [0.15, 0.2) is 42.5 Å². The van der Waals surface area contributed by atoms with E-state index in [4.69, 9.17) is 28.4 Å². The lowest BCUT2D eigenvalue weighted by molar-refractivity contribution is -0.458. The molecule has 7 aliphatic rings. The highest BCUT2D eigenvalue weighted by Crippen LogP contribution is 2.75. The molecule has 50 heavy (non-hydrogen) atoms. The number of aliphatic hydroxyl groups is 3. The van der Waals surface area contributed by atoms with Gasteiger partial charge in [0.05, 0.1) is 17.8 Å². The van der Waals surface area contributed by atoms with E-state index in [2.05, 4.69) is 20.4 Å². The van der Waals surface area contributed by atoms with Crippen molar-refractivity contribution in [2.24, 2.45) is 35.5 Å². The molecule has 0 amide bonds. The molecule has 274 valence electrons. The molecule has 3 N–H and O–H groups in total. The predicted molar refractivity (Wildman–Crippen MR) is 177 cm³/mol. The third-order valence-electron chi connectivity index (χ3n) is 14.0. The first kappa shape index (κ1) is 34.7. The van der Waals surface area contributed by atoms with Crippen molar-refractivity contribution in [1.82, 2.24) is 0 Å². The van der Waals surface area contributed by atoms with Crippen molar-refractivity contribution < 1.29 is 53.3 Å². The average molecular weight is 697 g/mol. The molecule has 3 saturated carbocycles. The van der Waals surface area contributed by atoms with Crippen molar-refractivity contribution in [3.8, 4) is 0 Å². The zero-order valence-electron chi connectivity index (χ0n) is 29.7. The summed E-state index contributed by atoms with van der Waals surface area (Å²) >= 11 is 0. The molecule has 2 spiro atoms. The molecule has 3 bridgehead atoms. The number of aliphatic hydroxyl groups excluding tert-OH is 2. The van der Waals surface area contributed by atoms with Gasteiger partial charge in [-0.05, 0) is 67.6 Å². The van der Waals surface area contributed by atoms with Gasteiger partial charge in [-0.3, -0.25) is 4.79 Å². The van der Waals surface area contributed by atoms with Crippen molar-refractivity contribution in [2.45, 2.75) is 138 Å². The number of ether oxygens (including phenoxy) is 6. The van der Waals surface area contributed by atoms with Gasteiger partial charge in [0.15, 0.2) is 6.10 Å². The fraction of sp³-hybridized carbons (Fsp3) is 0.744. The highest BCUT2D eigenvalue weighted by atomic mass is 16.9. The minimum Gasteiger partial charge on any atom is -0.455 e. The van der Waals surface area contributed by atoms with Crippen molar-refractivity contribution in [3.63, 3.8) is 0 Å². The molecule has 4 saturated heterocycles. The Labute approximate surface area is 293 Å². The molecule has 7 fully saturated rings. The molecule has 1 aromatic rings. The lowest BCUT2D eigenvalue weighted by atomic mass is 9.51. The Morgan fingerprint density at radius 3 is 2.32 bits per heavy atom. The number of fused-ring (bicyclic) bond motifs is 1. The molecule has 16 atom stereocenters. The zero-order valence-corrected chi connectivity index (χ0v) is 29.7. The summed E-state index contributed by atoms with van der Waals surface area (Å²) in [5, 5.41) is 37.3. The highest BCUT2D eigenvalue weighted by molar-refractivity contribution is 5.89. The van der Waals surface area contributed by atoms with Crippen LogP contribution in [0.25, 0.3) is 0 Å². The summed E-state index contributed by atoms with van der Waals surface area (Å²) in [6.07, 6.45) is -0.0327. The van der Waals surface area contributed by atoms with Crippen LogP contribution in [0, 0.1) is 35.5 Å². The Bertz CT molecular complexity index is 1550. The zero-order chi connectivity index (χ0) is 35.6. The van der Waals surface area contributed by atoms with Gasteiger partial charge in [0.25, 0.3) is 0 Å². The summed E-state index contributed by atoms with van der Waals surface area (Å²) in [6, 6.07) is 8.62. The minimum atomic E-state index is -2.12. The monoisotopic (exact) mass is 696 g/mol. The van der Waals surface area contributed by atoms with E-state index in [1.54, 1.807) is 24.3 Å². The van der Waals surface area contributed by atoms with Crippen LogP contribution in [0.3, 0.4) is 0 Å². The maximum atomic E-state index is 13.8. The third-order valence-corrected chi connectivity index (χ3v) is 14.0. The fourth-order valence-electron chi connectivity index (χ4n) is 11.9. The summed E-state index contributed by atoms with van der Waals surface area (Å²) < 4.78 is 40.3. The van der Waals surface area contributed by atoms with E-state index >= 15 is 0 Å². The Hall–Kier alpha value is -2.38. The number of esters is 2. The van der Waals surface area contributed by atoms with E-state index in [1.807, 2.05) is 19.9 Å². The van der Waals surface area contributed by atoms with Crippen LogP contribution in [0.1, 0.15) is 89.9 Å². The van der Waals surface area contributed by atoms with Gasteiger partial charge in [-0.2, -0.15) is 0 Å². The number of hydrogen-bond donors (Lipinski definition) is 3. The van der Waals surface area contributed by atoms with E-state index in [1.165, 1.54) is 6.92 Å². The van der Waals surface area contributed by atoms with Gasteiger partial charge in [-0.25, -0.2) is 4.79 Å². The highest BCUT2D eigenvalue weighted by Gasteiger charge is 2.91. The fourth-order valence-corrected chi connectivity index (χ4v) is 11.9. The Kier molecular flexibility index (Phi) is 8.02. The van der Waals surface area contributed by atoms with E-state index in [0.717, 1.165) is 32.1 Å². The second kappa shape index (κ2) is 11.6. The van der Waals surface area contributed by atoms with E-state index in [0.29, 0.717) is 24.0 Å². The van der Waals surface area contributed by atoms with Gasteiger partial charge in [0.2, 0.25) is 0 Å². The average Bonchev–Trinajstić information content (AvgIpc) is 3.72. The van der Waals surface area contributed by atoms with E-state index in [-0.39, 0.29) is 17.8 Å². The molecular weight excluding hydrogens is 644 g/mol. The number of hydrogen-bond acceptors (Lipinski definition) is 11. The second-order valence-corrected chi connectivity index (χ2v) is 16.6. The molecule has 3 aliphatic carbocycles. The molecule has 11 nitrogen and oxygen atoms in total. The Morgan fingerprint density at radius 1 is 0.960 bits per heavy atom. The van der Waals surface area contributed by atoms with E-state index in [9.17, 15) is 24.9 Å². The summed E-state index contributed by atoms with van der Waals surface area (Å²) in [5.41, 5.74) is -5.02. The van der Waals surface area contributed by atoms with Crippen molar-refractivity contribution in [2.75, 3.05) is 6.61 Å². The number of epoxide rings is 1. The lowest BCUT2D eigenvalue weighted by Gasteiger charge is -2.62. The topological polar surface area (TPSA) is 154 Å². The molecule has 11 heteroatoms. The third kappa shape index (κ3) is 4.34. The molecule has 1 aromatic carbocycles. The van der Waals surface area contributed by atoms with Crippen LogP contribution >= 0.6 is 0 Å². The maximum absolute atomic E-state index is 13.8. The summed E-state index contributed by atoms with van der Waals surface area (Å²) in [6.45, 7) is 13.3. The van der Waals surface area contributed by atoms with Gasteiger partial charge >= 0.3 is 17.9 Å². The van der Waals surface area contributed by atoms with Gasteiger partial charge in [-0.15, -0.1) is 0 Å². The normalized spacial score (nSPS) is 51.6. The van der Waals surface area contributed by atoms with Gasteiger partial charge in [0, 0.05) is 18.8 Å². The van der Waals surface area contributed by atoms with Crippen LogP contribution < -0.4 is 0 Å². The SMILES string of the molecule is C=C(C)[C@]12C[C@@H](C)[C@@]34O[C@]5(O[C@@H]1[C@@H]3[C@@H]1O[C@]1(CO)[C@@H](O)[C@@]1(O)[C@H]4[C@H]([C@H](C)[C@@H]1OC(=O)c1ccccc1)[C@H](C)CCCCCC[C@H]5OC(C)=O)O2. The molecule has 0 radical (unpaired) electrons. The van der Waals surface area contributed by atoms with Crippen LogP contribution in [-0.4, -0.2) is 92.8 Å². The quantitative estimate of drug-likeness (QED) is 0.232. The lowest BCUT2D eigenvalue weighted by Crippen LogP contribution is -2.74. The smallest absolute Gasteiger partial charge is 0.338 e. The number of carbonyl (C=O) groups excluding carboxylic acids is 2. The largest absolute Gasteiger partial charge is 0.455 e. The molecular formula is C39H52O11. The summed E-state index contributed by atoms with van der Waals surface area (Å²) in [5.74, 6) is -5.45. The first-order chi connectivity index (χ1) is 23.7. The number of rotatable bonds is 5. The standard InChI is InChI=1S/C39H52O11/c1-20(2)35-18-22(4)38-28-31(35)48-39(49-35,50-38)26(45-24(6)41)17-13-8-7-10-14-21(3)27-23(5)30(46-33(42)25-15-11-9-12-16-25)37(44,29(27)38)34(43)36(19-40)32(28)47-36/h9,11-12,15-16,21-23,26-32,34,40,43-44H,1,7-8,10,13-14,17-19H2,2-6H3/t21-,22-,23+,26-,27+,28-,29-,30+,31-,32+,34-,35-,36+,37-,38-,39-/m1/s1. The van der Waals surface area contributed by atoms with Gasteiger partial charge in [-0.1, -0.05) is 71.2 Å². The van der Waals surface area contributed by atoms with Crippen molar-refractivity contribution >= 4 is 11.9 Å². The molecule has 0 aromatic heterocycles. The first-order valence-corrected chi connectivity index (χ1v) is 18.6. The molecule has 8 rings (SSSR count). The van der Waals surface area contributed by atoms with Gasteiger partial charge < -0.3 is 43.7 Å². The van der Waals surface area contributed by atoms with Crippen LogP contribution in [0.2, 0.25) is 0 Å². The van der Waals surface area contributed by atoms with Crippen LogP contribution in [-0.2, 0) is 33.2 Å². The molecule has 0 unspecified atom stereocenters.